The number of nitrogens with zero attached hydrogens (tertiary/aromatic N) is 2. The van der Waals surface area contributed by atoms with E-state index < -0.39 is 11.6 Å². The van der Waals surface area contributed by atoms with Crippen molar-refractivity contribution in [1.82, 2.24) is 10.1 Å². The summed E-state index contributed by atoms with van der Waals surface area (Å²) in [6.45, 7) is 3.90. The Morgan fingerprint density at radius 1 is 1.33 bits per heavy atom. The van der Waals surface area contributed by atoms with Gasteiger partial charge in [-0.1, -0.05) is 5.16 Å². The zero-order chi connectivity index (χ0) is 15.1. The number of aromatic nitrogens is 2. The van der Waals surface area contributed by atoms with Crippen LogP contribution < -0.4 is 5.73 Å². The van der Waals surface area contributed by atoms with Crippen LogP contribution in [-0.2, 0) is 0 Å². The molecule has 0 radical (unpaired) electrons. The van der Waals surface area contributed by atoms with Gasteiger partial charge in [-0.3, -0.25) is 0 Å². The van der Waals surface area contributed by atoms with Gasteiger partial charge in [0.15, 0.2) is 11.6 Å². The van der Waals surface area contributed by atoms with E-state index in [2.05, 4.69) is 10.1 Å². The first-order chi connectivity index (χ1) is 9.97. The molecule has 0 saturated heterocycles. The molecule has 5 nitrogen and oxygen atoms in total. The van der Waals surface area contributed by atoms with Crippen LogP contribution in [0.4, 0.5) is 9.39 Å². The summed E-state index contributed by atoms with van der Waals surface area (Å²) in [5, 5.41) is 13.6. The fraction of sp³-hybridized carbons (Fsp3) is 0.143. The van der Waals surface area contributed by atoms with Gasteiger partial charge in [-0.15, -0.1) is 11.3 Å². The topological polar surface area (TPSA) is 85.2 Å². The highest BCUT2D eigenvalue weighted by Crippen LogP contribution is 2.37. The molecule has 0 aliphatic rings. The molecule has 0 bridgehead atoms. The second-order valence-corrected chi connectivity index (χ2v) is 5.87. The first-order valence-electron chi connectivity index (χ1n) is 6.16. The predicted octanol–water partition coefficient (Wildman–Crippen LogP) is 3.51. The minimum Gasteiger partial charge on any atom is -0.505 e. The molecule has 3 aromatic rings. The van der Waals surface area contributed by atoms with Crippen molar-refractivity contribution in [2.75, 3.05) is 5.73 Å². The molecular formula is C14H12FN3O2S. The Hall–Kier alpha value is -2.41. The number of phenols is 1. The van der Waals surface area contributed by atoms with E-state index in [0.29, 0.717) is 16.5 Å². The van der Waals surface area contributed by atoms with Gasteiger partial charge in [0.25, 0.3) is 5.89 Å². The number of benzene rings is 1. The lowest BCUT2D eigenvalue weighted by molar-refractivity contribution is 0.430. The summed E-state index contributed by atoms with van der Waals surface area (Å²) < 4.78 is 18.6. The standard InChI is InChI=1S/C14H12FN3O2S/c1-6-7(2)21-12(16)11(6)14-17-13(18-20-14)8-3-4-10(19)9(15)5-8/h3-5,19H,16H2,1-2H3. The fourth-order valence-electron chi connectivity index (χ4n) is 2.01. The van der Waals surface area contributed by atoms with Crippen LogP contribution in [0.1, 0.15) is 10.4 Å². The van der Waals surface area contributed by atoms with Gasteiger partial charge in [-0.25, -0.2) is 4.39 Å². The Morgan fingerprint density at radius 3 is 2.71 bits per heavy atom. The highest BCUT2D eigenvalue weighted by atomic mass is 32.1. The van der Waals surface area contributed by atoms with Gasteiger partial charge in [0.05, 0.1) is 10.6 Å². The van der Waals surface area contributed by atoms with Gasteiger partial charge in [-0.05, 0) is 37.6 Å². The minimum absolute atomic E-state index is 0.242. The smallest absolute Gasteiger partial charge is 0.261 e. The van der Waals surface area contributed by atoms with Crippen molar-refractivity contribution in [3.05, 3.63) is 34.5 Å². The van der Waals surface area contributed by atoms with Crippen molar-refractivity contribution >= 4 is 16.3 Å². The molecule has 0 saturated carbocycles. The van der Waals surface area contributed by atoms with Crippen LogP contribution in [-0.4, -0.2) is 15.2 Å². The predicted molar refractivity (Wildman–Crippen MR) is 78.6 cm³/mol. The Balaban J connectivity index is 2.05. The van der Waals surface area contributed by atoms with Gasteiger partial charge >= 0.3 is 0 Å². The summed E-state index contributed by atoms with van der Waals surface area (Å²) in [7, 11) is 0. The van der Waals surface area contributed by atoms with Gasteiger partial charge in [0.2, 0.25) is 5.82 Å². The molecule has 0 atom stereocenters. The highest BCUT2D eigenvalue weighted by molar-refractivity contribution is 7.16. The average molecular weight is 305 g/mol. The van der Waals surface area contributed by atoms with Crippen molar-refractivity contribution in [2.24, 2.45) is 0 Å². The SMILES string of the molecule is Cc1sc(N)c(-c2nc(-c3ccc(O)c(F)c3)no2)c1C. The first-order valence-corrected chi connectivity index (χ1v) is 6.97. The summed E-state index contributed by atoms with van der Waals surface area (Å²) in [6.07, 6.45) is 0. The van der Waals surface area contributed by atoms with Crippen LogP contribution in [0.15, 0.2) is 22.7 Å². The zero-order valence-corrected chi connectivity index (χ0v) is 12.2. The lowest BCUT2D eigenvalue weighted by Gasteiger charge is -1.97. The third kappa shape index (κ3) is 2.25. The third-order valence-corrected chi connectivity index (χ3v) is 4.29. The molecule has 3 N–H and O–H groups in total. The van der Waals surface area contributed by atoms with E-state index in [9.17, 15) is 9.50 Å². The van der Waals surface area contributed by atoms with E-state index in [4.69, 9.17) is 10.3 Å². The number of nitrogen functional groups attached to an aromatic ring is 1. The summed E-state index contributed by atoms with van der Waals surface area (Å²) in [5.74, 6) is -0.610. The van der Waals surface area contributed by atoms with Crippen LogP contribution in [0.5, 0.6) is 5.75 Å². The molecule has 2 heterocycles. The third-order valence-electron chi connectivity index (χ3n) is 3.26. The van der Waals surface area contributed by atoms with E-state index >= 15 is 0 Å². The van der Waals surface area contributed by atoms with Crippen LogP contribution in [0.3, 0.4) is 0 Å². The van der Waals surface area contributed by atoms with Crippen LogP contribution in [0.25, 0.3) is 22.8 Å². The summed E-state index contributed by atoms with van der Waals surface area (Å²) in [4.78, 5) is 5.34. The molecule has 21 heavy (non-hydrogen) atoms. The average Bonchev–Trinajstić information content (AvgIpc) is 2.99. The lowest BCUT2D eigenvalue weighted by atomic mass is 10.1. The summed E-state index contributed by atoms with van der Waals surface area (Å²) >= 11 is 1.46. The number of rotatable bonds is 2. The number of hydrogen-bond donors (Lipinski definition) is 2. The molecule has 0 aliphatic heterocycles. The van der Waals surface area contributed by atoms with Crippen molar-refractivity contribution in [3.8, 4) is 28.6 Å². The van der Waals surface area contributed by atoms with Crippen LogP contribution in [0, 0.1) is 19.7 Å². The first kappa shape index (κ1) is 13.6. The molecule has 7 heteroatoms. The van der Waals surface area contributed by atoms with Crippen molar-refractivity contribution < 1.29 is 14.0 Å². The Kier molecular flexibility index (Phi) is 3.13. The van der Waals surface area contributed by atoms with Gasteiger partial charge in [0, 0.05) is 10.4 Å². The Bertz CT molecular complexity index is 826. The van der Waals surface area contributed by atoms with Crippen molar-refractivity contribution in [3.63, 3.8) is 0 Å². The number of nitrogens with two attached hydrogens (primary N) is 1. The zero-order valence-electron chi connectivity index (χ0n) is 11.3. The maximum Gasteiger partial charge on any atom is 0.261 e. The quantitative estimate of drug-likeness (QED) is 0.756. The molecule has 0 aliphatic carbocycles. The highest BCUT2D eigenvalue weighted by Gasteiger charge is 2.19. The molecule has 2 aromatic heterocycles. The molecule has 0 spiro atoms. The molecular weight excluding hydrogens is 293 g/mol. The van der Waals surface area contributed by atoms with Gasteiger partial charge < -0.3 is 15.4 Å². The summed E-state index contributed by atoms with van der Waals surface area (Å²) in [5.41, 5.74) is 8.09. The second-order valence-electron chi connectivity index (χ2n) is 4.61. The number of halogens is 1. The number of aromatic hydroxyl groups is 1. The molecule has 108 valence electrons. The summed E-state index contributed by atoms with van der Waals surface area (Å²) in [6, 6.07) is 3.91. The maximum absolute atomic E-state index is 13.4. The molecule has 3 rings (SSSR count). The van der Waals surface area contributed by atoms with Gasteiger partial charge in [0.1, 0.15) is 0 Å². The number of phenolic OH excluding ortho intramolecular Hbond substituents is 1. The number of anilines is 1. The fourth-order valence-corrected chi connectivity index (χ4v) is 2.93. The molecule has 0 fully saturated rings. The van der Waals surface area contributed by atoms with Crippen molar-refractivity contribution in [1.29, 1.82) is 0 Å². The Labute approximate surface area is 123 Å². The molecule has 0 unspecified atom stereocenters. The number of hydrogen-bond acceptors (Lipinski definition) is 6. The monoisotopic (exact) mass is 305 g/mol. The van der Waals surface area contributed by atoms with E-state index in [1.807, 2.05) is 13.8 Å². The van der Waals surface area contributed by atoms with E-state index in [1.165, 1.54) is 23.5 Å². The van der Waals surface area contributed by atoms with E-state index in [-0.39, 0.29) is 5.82 Å². The van der Waals surface area contributed by atoms with E-state index in [1.54, 1.807) is 0 Å². The Morgan fingerprint density at radius 2 is 2.10 bits per heavy atom. The minimum atomic E-state index is -0.735. The van der Waals surface area contributed by atoms with Crippen LogP contribution in [0.2, 0.25) is 0 Å². The molecule has 1 aromatic carbocycles. The largest absolute Gasteiger partial charge is 0.505 e. The van der Waals surface area contributed by atoms with Crippen molar-refractivity contribution in [2.45, 2.75) is 13.8 Å². The molecule has 0 amide bonds. The maximum atomic E-state index is 13.4. The number of thiophene rings is 1. The second kappa shape index (κ2) is 4.85. The van der Waals surface area contributed by atoms with E-state index in [0.717, 1.165) is 22.1 Å². The van der Waals surface area contributed by atoms with Crippen LogP contribution >= 0.6 is 11.3 Å². The van der Waals surface area contributed by atoms with Gasteiger partial charge in [-0.2, -0.15) is 4.98 Å². The normalized spacial score (nSPS) is 11.0. The lowest BCUT2D eigenvalue weighted by Crippen LogP contribution is -1.87. The number of aryl methyl sites for hydroxylation is 1.